The summed E-state index contributed by atoms with van der Waals surface area (Å²) < 4.78 is 0. The number of hydrogen-bond donors (Lipinski definition) is 2. The van der Waals surface area contributed by atoms with Crippen LogP contribution in [0.5, 0.6) is 0 Å². The summed E-state index contributed by atoms with van der Waals surface area (Å²) in [6.45, 7) is 3.12. The van der Waals surface area contributed by atoms with E-state index >= 15 is 0 Å². The molecule has 1 aromatic rings. The molecule has 6 heteroatoms. The average molecular weight is 343 g/mol. The third-order valence-corrected chi connectivity index (χ3v) is 4.60. The second kappa shape index (κ2) is 9.87. The molecule has 0 aliphatic carbocycles. The molecular weight excluding hydrogens is 320 g/mol. The van der Waals surface area contributed by atoms with E-state index in [1.807, 2.05) is 18.2 Å². The van der Waals surface area contributed by atoms with Crippen LogP contribution >= 0.6 is 24.2 Å². The van der Waals surface area contributed by atoms with Crippen LogP contribution in [0.25, 0.3) is 0 Å². The van der Waals surface area contributed by atoms with Gasteiger partial charge >= 0.3 is 0 Å². The zero-order chi connectivity index (χ0) is 15.1. The normalized spacial score (nSPS) is 20.8. The predicted molar refractivity (Wildman–Crippen MR) is 94.0 cm³/mol. The van der Waals surface area contributed by atoms with Crippen molar-refractivity contribution in [2.24, 2.45) is 0 Å². The minimum Gasteiger partial charge on any atom is -0.351 e. The van der Waals surface area contributed by atoms with Crippen LogP contribution in [0.1, 0.15) is 30.1 Å². The predicted octanol–water partition coefficient (Wildman–Crippen LogP) is 2.28. The Morgan fingerprint density at radius 1 is 1.27 bits per heavy atom. The zero-order valence-corrected chi connectivity index (χ0v) is 14.3. The standard InChI is InChI=1S/C16H22N2O2S.ClH/c1-12-14(8-5-9-17-12)18-16(20)11-21-10-15(19)13-6-3-2-4-7-13;/h2-4,6-7,12,14,17H,5,8-11H2,1H3,(H,18,20);1H. The molecule has 0 spiro atoms. The lowest BCUT2D eigenvalue weighted by Crippen LogP contribution is -2.52. The van der Waals surface area contributed by atoms with Gasteiger partial charge in [0, 0.05) is 17.6 Å². The van der Waals surface area contributed by atoms with E-state index in [9.17, 15) is 9.59 Å². The molecule has 22 heavy (non-hydrogen) atoms. The van der Waals surface area contributed by atoms with Crippen LogP contribution < -0.4 is 10.6 Å². The van der Waals surface area contributed by atoms with Crippen LogP contribution in [0.4, 0.5) is 0 Å². The van der Waals surface area contributed by atoms with Gasteiger partial charge in [0.05, 0.1) is 11.5 Å². The Kier molecular flexibility index (Phi) is 8.53. The number of nitrogens with one attached hydrogen (secondary N) is 2. The van der Waals surface area contributed by atoms with Gasteiger partial charge in [0.1, 0.15) is 0 Å². The van der Waals surface area contributed by atoms with Crippen molar-refractivity contribution in [1.29, 1.82) is 0 Å². The number of benzene rings is 1. The SMILES string of the molecule is CC1NCCCC1NC(=O)CSCC(=O)c1ccccc1.Cl. The third kappa shape index (κ3) is 5.99. The van der Waals surface area contributed by atoms with Crippen LogP contribution in [0, 0.1) is 0 Å². The number of ketones is 1. The van der Waals surface area contributed by atoms with E-state index in [0.29, 0.717) is 23.1 Å². The van der Waals surface area contributed by atoms with Crippen molar-refractivity contribution >= 4 is 35.9 Å². The molecule has 1 aliphatic rings. The first-order chi connectivity index (χ1) is 10.2. The van der Waals surface area contributed by atoms with E-state index in [1.54, 1.807) is 12.1 Å². The number of Topliss-reactive ketones (excluding diaryl/α,β-unsaturated/α-hetero) is 1. The van der Waals surface area contributed by atoms with E-state index in [1.165, 1.54) is 11.8 Å². The summed E-state index contributed by atoms with van der Waals surface area (Å²) in [4.78, 5) is 23.8. The van der Waals surface area contributed by atoms with Crippen molar-refractivity contribution < 1.29 is 9.59 Å². The summed E-state index contributed by atoms with van der Waals surface area (Å²) >= 11 is 1.37. The lowest BCUT2D eigenvalue weighted by molar-refractivity contribution is -0.119. The van der Waals surface area contributed by atoms with Gasteiger partial charge in [-0.05, 0) is 26.3 Å². The van der Waals surface area contributed by atoms with Crippen molar-refractivity contribution in [1.82, 2.24) is 10.6 Å². The lowest BCUT2D eigenvalue weighted by atomic mass is 10.00. The molecule has 2 unspecified atom stereocenters. The highest BCUT2D eigenvalue weighted by atomic mass is 35.5. The second-order valence-corrected chi connectivity index (χ2v) is 6.33. The Labute approximate surface area is 142 Å². The number of rotatable bonds is 6. The first-order valence-electron chi connectivity index (χ1n) is 7.35. The molecule has 0 saturated carbocycles. The molecule has 1 heterocycles. The van der Waals surface area contributed by atoms with Crippen molar-refractivity contribution in [2.45, 2.75) is 31.8 Å². The average Bonchev–Trinajstić information content (AvgIpc) is 2.50. The fourth-order valence-corrected chi connectivity index (χ4v) is 3.16. The summed E-state index contributed by atoms with van der Waals surface area (Å²) in [5, 5.41) is 6.41. The van der Waals surface area contributed by atoms with Crippen LogP contribution in [0.2, 0.25) is 0 Å². The van der Waals surface area contributed by atoms with Gasteiger partial charge in [0.15, 0.2) is 5.78 Å². The van der Waals surface area contributed by atoms with Gasteiger partial charge in [-0.3, -0.25) is 9.59 Å². The molecular formula is C16H23ClN2O2S. The molecule has 122 valence electrons. The Bertz CT molecular complexity index is 484. The lowest BCUT2D eigenvalue weighted by Gasteiger charge is -2.30. The summed E-state index contributed by atoms with van der Waals surface area (Å²) in [6, 6.07) is 9.72. The van der Waals surface area contributed by atoms with Gasteiger partial charge < -0.3 is 10.6 Å². The highest BCUT2D eigenvalue weighted by Gasteiger charge is 2.22. The van der Waals surface area contributed by atoms with Crippen molar-refractivity contribution in [3.8, 4) is 0 Å². The number of piperidine rings is 1. The first-order valence-corrected chi connectivity index (χ1v) is 8.51. The van der Waals surface area contributed by atoms with Gasteiger partial charge in [-0.1, -0.05) is 30.3 Å². The van der Waals surface area contributed by atoms with Crippen LogP contribution in [-0.2, 0) is 4.79 Å². The van der Waals surface area contributed by atoms with E-state index < -0.39 is 0 Å². The molecule has 2 N–H and O–H groups in total. The fourth-order valence-electron chi connectivity index (χ4n) is 2.43. The van der Waals surface area contributed by atoms with E-state index in [4.69, 9.17) is 0 Å². The summed E-state index contributed by atoms with van der Waals surface area (Å²) in [5.74, 6) is 0.764. The number of thioether (sulfide) groups is 1. The number of amides is 1. The second-order valence-electron chi connectivity index (χ2n) is 5.34. The van der Waals surface area contributed by atoms with Gasteiger partial charge in [-0.2, -0.15) is 0 Å². The number of carbonyl (C=O) groups is 2. The minimum atomic E-state index is 0. The molecule has 2 rings (SSSR count). The van der Waals surface area contributed by atoms with E-state index in [-0.39, 0.29) is 30.1 Å². The van der Waals surface area contributed by atoms with Crippen LogP contribution in [0.15, 0.2) is 30.3 Å². The zero-order valence-electron chi connectivity index (χ0n) is 12.7. The Morgan fingerprint density at radius 2 is 2.00 bits per heavy atom. The molecule has 4 nitrogen and oxygen atoms in total. The maximum atomic E-state index is 11.9. The third-order valence-electron chi connectivity index (χ3n) is 3.67. The molecule has 0 radical (unpaired) electrons. The molecule has 1 saturated heterocycles. The van der Waals surface area contributed by atoms with Gasteiger partial charge in [-0.25, -0.2) is 0 Å². The maximum Gasteiger partial charge on any atom is 0.230 e. The number of hydrogen-bond acceptors (Lipinski definition) is 4. The first kappa shape index (κ1) is 19.0. The number of halogens is 1. The maximum absolute atomic E-state index is 11.9. The molecule has 2 atom stereocenters. The van der Waals surface area contributed by atoms with Gasteiger partial charge in [-0.15, -0.1) is 24.2 Å². The molecule has 1 amide bonds. The largest absolute Gasteiger partial charge is 0.351 e. The van der Waals surface area contributed by atoms with Gasteiger partial charge in [0.2, 0.25) is 5.91 Å². The number of carbonyl (C=O) groups excluding carboxylic acids is 2. The Morgan fingerprint density at radius 3 is 2.68 bits per heavy atom. The Balaban J connectivity index is 0.00000242. The van der Waals surface area contributed by atoms with Crippen molar-refractivity contribution in [2.75, 3.05) is 18.1 Å². The Hall–Kier alpha value is -1.04. The van der Waals surface area contributed by atoms with Gasteiger partial charge in [0.25, 0.3) is 0 Å². The highest BCUT2D eigenvalue weighted by molar-refractivity contribution is 8.00. The molecule has 1 aromatic carbocycles. The summed E-state index contributed by atoms with van der Waals surface area (Å²) in [7, 11) is 0. The highest BCUT2D eigenvalue weighted by Crippen LogP contribution is 2.10. The summed E-state index contributed by atoms with van der Waals surface area (Å²) in [5.41, 5.74) is 0.704. The van der Waals surface area contributed by atoms with E-state index in [0.717, 1.165) is 19.4 Å². The van der Waals surface area contributed by atoms with Crippen LogP contribution in [0.3, 0.4) is 0 Å². The monoisotopic (exact) mass is 342 g/mol. The van der Waals surface area contributed by atoms with E-state index in [2.05, 4.69) is 17.6 Å². The summed E-state index contributed by atoms with van der Waals surface area (Å²) in [6.07, 6.45) is 2.11. The van der Waals surface area contributed by atoms with Crippen molar-refractivity contribution in [3.63, 3.8) is 0 Å². The van der Waals surface area contributed by atoms with Crippen molar-refractivity contribution in [3.05, 3.63) is 35.9 Å². The topological polar surface area (TPSA) is 58.2 Å². The molecule has 1 aliphatic heterocycles. The minimum absolute atomic E-state index is 0. The molecule has 0 aromatic heterocycles. The quantitative estimate of drug-likeness (QED) is 0.779. The smallest absolute Gasteiger partial charge is 0.230 e. The van der Waals surface area contributed by atoms with Crippen LogP contribution in [-0.4, -0.2) is 41.8 Å². The molecule has 1 fully saturated rings. The fraction of sp³-hybridized carbons (Fsp3) is 0.500. The molecule has 0 bridgehead atoms.